The van der Waals surface area contributed by atoms with Gasteiger partial charge in [0.05, 0.1) is 24.3 Å². The van der Waals surface area contributed by atoms with Gasteiger partial charge in [-0.25, -0.2) is 9.37 Å². The molecule has 0 N–H and O–H groups in total. The van der Waals surface area contributed by atoms with Crippen molar-refractivity contribution in [2.24, 2.45) is 0 Å². The highest BCUT2D eigenvalue weighted by Crippen LogP contribution is 2.27. The largest absolute Gasteiger partial charge is 0.488 e. The van der Waals surface area contributed by atoms with Crippen molar-refractivity contribution < 1.29 is 9.13 Å². The highest BCUT2D eigenvalue weighted by molar-refractivity contribution is 7.10. The van der Waals surface area contributed by atoms with E-state index in [1.54, 1.807) is 12.1 Å². The number of benzene rings is 1. The Morgan fingerprint density at radius 3 is 2.89 bits per heavy atom. The van der Waals surface area contributed by atoms with Crippen LogP contribution in [-0.2, 0) is 6.42 Å². The Balaban J connectivity index is 2.25. The molecule has 0 fully saturated rings. The molecule has 0 spiro atoms. The van der Waals surface area contributed by atoms with Gasteiger partial charge in [-0.15, -0.1) is 11.3 Å². The zero-order valence-electron chi connectivity index (χ0n) is 10.7. The molecule has 0 aliphatic heterocycles. The fourth-order valence-corrected chi connectivity index (χ4v) is 2.34. The number of rotatable bonds is 4. The number of hydrogen-bond acceptors (Lipinski definition) is 4. The fraction of sp³-hybridized carbons (Fsp3) is 0.286. The van der Waals surface area contributed by atoms with Crippen LogP contribution in [0.1, 0.15) is 18.9 Å². The predicted octanol–water partition coefficient (Wildman–Crippen LogP) is 3.80. The predicted molar refractivity (Wildman–Crippen MR) is 72.6 cm³/mol. The van der Waals surface area contributed by atoms with E-state index in [-0.39, 0.29) is 18.3 Å². The van der Waals surface area contributed by atoms with Crippen molar-refractivity contribution in [1.82, 2.24) is 4.98 Å². The minimum absolute atomic E-state index is 0.0677. The number of nitriles is 1. The van der Waals surface area contributed by atoms with Crippen molar-refractivity contribution in [2.45, 2.75) is 26.4 Å². The Kier molecular flexibility index (Phi) is 4.13. The second-order valence-electron chi connectivity index (χ2n) is 4.27. The molecule has 0 saturated carbocycles. The van der Waals surface area contributed by atoms with Crippen LogP contribution in [0.5, 0.6) is 5.75 Å². The molecule has 0 radical (unpaired) electrons. The summed E-state index contributed by atoms with van der Waals surface area (Å²) in [7, 11) is 0. The van der Waals surface area contributed by atoms with Gasteiger partial charge in [0.15, 0.2) is 11.6 Å². The van der Waals surface area contributed by atoms with Crippen molar-refractivity contribution in [2.75, 3.05) is 0 Å². The van der Waals surface area contributed by atoms with Crippen LogP contribution < -0.4 is 4.74 Å². The molecule has 0 amide bonds. The molecule has 2 aromatic rings. The van der Waals surface area contributed by atoms with Crippen LogP contribution in [0.3, 0.4) is 0 Å². The molecule has 3 nitrogen and oxygen atoms in total. The van der Waals surface area contributed by atoms with Crippen LogP contribution in [0.4, 0.5) is 4.39 Å². The monoisotopic (exact) mass is 276 g/mol. The fourth-order valence-electron chi connectivity index (χ4n) is 1.60. The first-order valence-electron chi connectivity index (χ1n) is 5.88. The smallest absolute Gasteiger partial charge is 0.165 e. The minimum atomic E-state index is -0.402. The third-order valence-electron chi connectivity index (χ3n) is 2.37. The van der Waals surface area contributed by atoms with Crippen LogP contribution in [0, 0.1) is 17.1 Å². The van der Waals surface area contributed by atoms with E-state index in [2.05, 4.69) is 4.98 Å². The van der Waals surface area contributed by atoms with Gasteiger partial charge in [-0.3, -0.25) is 0 Å². The number of hydrogen-bond donors (Lipinski definition) is 0. The maximum atomic E-state index is 13.8. The van der Waals surface area contributed by atoms with Gasteiger partial charge >= 0.3 is 0 Å². The Bertz CT molecular complexity index is 616. The van der Waals surface area contributed by atoms with Gasteiger partial charge in [0.2, 0.25) is 0 Å². The Hall–Kier alpha value is -1.93. The quantitative estimate of drug-likeness (QED) is 0.853. The number of aromatic nitrogens is 1. The van der Waals surface area contributed by atoms with Gasteiger partial charge in [-0.05, 0) is 32.0 Å². The summed E-state index contributed by atoms with van der Waals surface area (Å²) < 4.78 is 19.2. The number of halogens is 1. The summed E-state index contributed by atoms with van der Waals surface area (Å²) >= 11 is 1.40. The van der Waals surface area contributed by atoms with Crippen LogP contribution in [-0.4, -0.2) is 11.1 Å². The number of nitrogens with zero attached hydrogens (tertiary/aromatic N) is 2. The summed E-state index contributed by atoms with van der Waals surface area (Å²) in [4.78, 5) is 4.29. The maximum Gasteiger partial charge on any atom is 0.165 e. The maximum absolute atomic E-state index is 13.8. The molecule has 0 atom stereocenters. The zero-order valence-corrected chi connectivity index (χ0v) is 11.5. The highest BCUT2D eigenvalue weighted by atomic mass is 32.1. The van der Waals surface area contributed by atoms with Crippen molar-refractivity contribution in [3.63, 3.8) is 0 Å². The van der Waals surface area contributed by atoms with Crippen LogP contribution in [0.2, 0.25) is 0 Å². The topological polar surface area (TPSA) is 45.9 Å². The molecule has 0 unspecified atom stereocenters. The average molecular weight is 276 g/mol. The van der Waals surface area contributed by atoms with E-state index < -0.39 is 5.82 Å². The van der Waals surface area contributed by atoms with E-state index in [1.165, 1.54) is 17.4 Å². The molecular formula is C14H13FN2OS. The summed E-state index contributed by atoms with van der Waals surface area (Å²) in [5.41, 5.74) is 1.37. The molecule has 2 rings (SSSR count). The van der Waals surface area contributed by atoms with Crippen molar-refractivity contribution in [3.8, 4) is 23.1 Å². The Morgan fingerprint density at radius 1 is 1.47 bits per heavy atom. The zero-order chi connectivity index (χ0) is 13.8. The van der Waals surface area contributed by atoms with Gasteiger partial charge in [0.1, 0.15) is 5.01 Å². The van der Waals surface area contributed by atoms with E-state index in [1.807, 2.05) is 25.3 Å². The van der Waals surface area contributed by atoms with Crippen LogP contribution in [0.15, 0.2) is 23.6 Å². The van der Waals surface area contributed by atoms with Crippen molar-refractivity contribution in [1.29, 1.82) is 5.26 Å². The molecule has 0 saturated heterocycles. The average Bonchev–Trinajstić information content (AvgIpc) is 2.80. The summed E-state index contributed by atoms with van der Waals surface area (Å²) in [6.07, 6.45) is 0.212. The van der Waals surface area contributed by atoms with E-state index in [9.17, 15) is 4.39 Å². The number of thiazole rings is 1. The molecule has 1 heterocycles. The standard InChI is InChI=1S/C14H13FN2OS/c1-9(2)18-13-4-3-10(7-11(13)15)12-8-19-14(17-12)5-6-16/h3-4,7-9H,5H2,1-2H3. The lowest BCUT2D eigenvalue weighted by atomic mass is 10.1. The van der Waals surface area contributed by atoms with Gasteiger partial charge in [-0.2, -0.15) is 5.26 Å². The molecule has 0 aliphatic rings. The first kappa shape index (κ1) is 13.5. The van der Waals surface area contributed by atoms with Crippen molar-refractivity contribution >= 4 is 11.3 Å². The Labute approximate surface area is 115 Å². The van der Waals surface area contributed by atoms with E-state index in [0.29, 0.717) is 11.3 Å². The molecule has 19 heavy (non-hydrogen) atoms. The Morgan fingerprint density at radius 2 is 2.26 bits per heavy atom. The SMILES string of the molecule is CC(C)Oc1ccc(-c2csc(CC#N)n2)cc1F. The molecule has 1 aromatic heterocycles. The molecule has 0 aliphatic carbocycles. The summed E-state index contributed by atoms with van der Waals surface area (Å²) in [5.74, 6) is -0.160. The molecule has 1 aromatic carbocycles. The normalized spacial score (nSPS) is 10.5. The lowest BCUT2D eigenvalue weighted by Gasteiger charge is -2.10. The molecule has 98 valence electrons. The van der Waals surface area contributed by atoms with Gasteiger partial charge in [-0.1, -0.05) is 0 Å². The van der Waals surface area contributed by atoms with Gasteiger partial charge in [0.25, 0.3) is 0 Å². The van der Waals surface area contributed by atoms with Gasteiger partial charge < -0.3 is 4.74 Å². The lowest BCUT2D eigenvalue weighted by Crippen LogP contribution is -2.06. The second kappa shape index (κ2) is 5.81. The van der Waals surface area contributed by atoms with Crippen LogP contribution in [0.25, 0.3) is 11.3 Å². The third kappa shape index (κ3) is 3.30. The molecular weight excluding hydrogens is 263 g/mol. The third-order valence-corrected chi connectivity index (χ3v) is 3.22. The van der Waals surface area contributed by atoms with E-state index in [0.717, 1.165) is 5.01 Å². The van der Waals surface area contributed by atoms with Crippen molar-refractivity contribution in [3.05, 3.63) is 34.4 Å². The first-order valence-corrected chi connectivity index (χ1v) is 6.76. The minimum Gasteiger partial charge on any atom is -0.488 e. The highest BCUT2D eigenvalue weighted by Gasteiger charge is 2.10. The van der Waals surface area contributed by atoms with Gasteiger partial charge in [0, 0.05) is 10.9 Å². The second-order valence-corrected chi connectivity index (χ2v) is 5.22. The molecule has 0 bridgehead atoms. The van der Waals surface area contributed by atoms with E-state index >= 15 is 0 Å². The lowest BCUT2D eigenvalue weighted by molar-refractivity contribution is 0.231. The summed E-state index contributed by atoms with van der Waals surface area (Å²) in [5, 5.41) is 11.2. The first-order chi connectivity index (χ1) is 9.10. The number of ether oxygens (including phenoxy) is 1. The molecule has 5 heteroatoms. The summed E-state index contributed by atoms with van der Waals surface area (Å²) in [6.45, 7) is 3.70. The summed E-state index contributed by atoms with van der Waals surface area (Å²) in [6, 6.07) is 6.83. The van der Waals surface area contributed by atoms with Crippen LogP contribution >= 0.6 is 11.3 Å². The van der Waals surface area contributed by atoms with E-state index in [4.69, 9.17) is 10.00 Å².